The number of thiol groups is 1. The Bertz CT molecular complexity index is 318. The van der Waals surface area contributed by atoms with E-state index in [1.165, 1.54) is 12.1 Å². The van der Waals surface area contributed by atoms with E-state index in [2.05, 4.69) is 12.6 Å². The number of ether oxygens (including phenoxy) is 1. The topological polar surface area (TPSA) is 9.23 Å². The van der Waals surface area contributed by atoms with Crippen molar-refractivity contribution in [3.63, 3.8) is 0 Å². The van der Waals surface area contributed by atoms with Gasteiger partial charge in [0, 0.05) is 6.07 Å². The van der Waals surface area contributed by atoms with Crippen LogP contribution < -0.4 is 4.74 Å². The highest BCUT2D eigenvalue weighted by molar-refractivity contribution is 7.80. The number of benzene rings is 1. The fraction of sp³-hybridized carbons (Fsp3) is 0.500. The lowest BCUT2D eigenvalue weighted by molar-refractivity contribution is 0.289. The molecule has 0 spiro atoms. The lowest BCUT2D eigenvalue weighted by Crippen LogP contribution is -1.99. The Morgan fingerprint density at radius 2 is 1.81 bits per heavy atom. The summed E-state index contributed by atoms with van der Waals surface area (Å²) in [5, 5.41) is 0. The molecule has 0 aliphatic heterocycles. The van der Waals surface area contributed by atoms with Gasteiger partial charge in [-0.3, -0.25) is 0 Å². The summed E-state index contributed by atoms with van der Waals surface area (Å²) >= 11 is 4.11. The van der Waals surface area contributed by atoms with Crippen molar-refractivity contribution in [1.82, 2.24) is 0 Å². The van der Waals surface area contributed by atoms with Gasteiger partial charge in [0.05, 0.1) is 6.61 Å². The van der Waals surface area contributed by atoms with Crippen molar-refractivity contribution in [2.45, 2.75) is 25.7 Å². The SMILES string of the molecule is Fc1ccc(OCCCCCCS)c(F)c1. The Hall–Kier alpha value is -0.770. The first-order valence-electron chi connectivity index (χ1n) is 5.43. The quantitative estimate of drug-likeness (QED) is 0.568. The van der Waals surface area contributed by atoms with Gasteiger partial charge < -0.3 is 4.74 Å². The molecule has 0 saturated heterocycles. The molecule has 16 heavy (non-hydrogen) atoms. The lowest BCUT2D eigenvalue weighted by atomic mass is 10.2. The van der Waals surface area contributed by atoms with E-state index in [0.29, 0.717) is 6.61 Å². The molecular formula is C12H16F2OS. The fourth-order valence-electron chi connectivity index (χ4n) is 1.34. The molecule has 0 aliphatic rings. The first kappa shape index (κ1) is 13.3. The summed E-state index contributed by atoms with van der Waals surface area (Å²) in [6, 6.07) is 3.34. The van der Waals surface area contributed by atoms with Crippen LogP contribution in [0.25, 0.3) is 0 Å². The molecule has 1 rings (SSSR count). The summed E-state index contributed by atoms with van der Waals surface area (Å²) in [6.45, 7) is 0.467. The Balaban J connectivity index is 2.21. The molecule has 0 aromatic heterocycles. The van der Waals surface area contributed by atoms with Crippen molar-refractivity contribution >= 4 is 12.6 Å². The number of hydrogen-bond donors (Lipinski definition) is 1. The predicted molar refractivity (Wildman–Crippen MR) is 64.2 cm³/mol. The predicted octanol–water partition coefficient (Wildman–Crippen LogP) is 3.83. The van der Waals surface area contributed by atoms with Gasteiger partial charge in [-0.25, -0.2) is 8.78 Å². The van der Waals surface area contributed by atoms with E-state index >= 15 is 0 Å². The number of rotatable bonds is 7. The molecule has 0 bridgehead atoms. The molecule has 1 aromatic carbocycles. The largest absolute Gasteiger partial charge is 0.491 e. The van der Waals surface area contributed by atoms with Crippen LogP contribution >= 0.6 is 12.6 Å². The summed E-state index contributed by atoms with van der Waals surface area (Å²) in [7, 11) is 0. The van der Waals surface area contributed by atoms with Crippen LogP contribution in [0.1, 0.15) is 25.7 Å². The van der Waals surface area contributed by atoms with Crippen LogP contribution in [0.2, 0.25) is 0 Å². The van der Waals surface area contributed by atoms with Crippen LogP contribution in [-0.4, -0.2) is 12.4 Å². The first-order chi connectivity index (χ1) is 7.74. The van der Waals surface area contributed by atoms with Crippen molar-refractivity contribution in [2.75, 3.05) is 12.4 Å². The van der Waals surface area contributed by atoms with Gasteiger partial charge in [-0.05, 0) is 30.7 Å². The van der Waals surface area contributed by atoms with Gasteiger partial charge in [0.2, 0.25) is 0 Å². The second-order valence-corrected chi connectivity index (χ2v) is 4.01. The number of hydrogen-bond acceptors (Lipinski definition) is 2. The molecule has 4 heteroatoms. The monoisotopic (exact) mass is 246 g/mol. The van der Waals surface area contributed by atoms with Gasteiger partial charge in [0.15, 0.2) is 11.6 Å². The highest BCUT2D eigenvalue weighted by Crippen LogP contribution is 2.17. The summed E-state index contributed by atoms with van der Waals surface area (Å²) in [5.74, 6) is -0.211. The second-order valence-electron chi connectivity index (χ2n) is 3.56. The number of unbranched alkanes of at least 4 members (excludes halogenated alkanes) is 3. The van der Waals surface area contributed by atoms with Crippen molar-refractivity contribution in [2.24, 2.45) is 0 Å². The fourth-order valence-corrected chi connectivity index (χ4v) is 1.57. The van der Waals surface area contributed by atoms with Crippen LogP contribution in [0, 0.1) is 11.6 Å². The highest BCUT2D eigenvalue weighted by atomic mass is 32.1. The molecule has 0 atom stereocenters. The minimum Gasteiger partial charge on any atom is -0.491 e. The zero-order valence-corrected chi connectivity index (χ0v) is 9.98. The Morgan fingerprint density at radius 3 is 2.50 bits per heavy atom. The minimum atomic E-state index is -0.643. The molecule has 0 fully saturated rings. The Morgan fingerprint density at radius 1 is 1.06 bits per heavy atom. The summed E-state index contributed by atoms with van der Waals surface area (Å²) < 4.78 is 30.9. The minimum absolute atomic E-state index is 0.121. The van der Waals surface area contributed by atoms with E-state index in [0.717, 1.165) is 37.5 Å². The van der Waals surface area contributed by atoms with E-state index in [1.54, 1.807) is 0 Å². The number of halogens is 2. The summed E-state index contributed by atoms with van der Waals surface area (Å²) in [6.07, 6.45) is 4.13. The van der Waals surface area contributed by atoms with E-state index in [1.807, 2.05) is 0 Å². The Kier molecular flexibility index (Phi) is 6.23. The van der Waals surface area contributed by atoms with Crippen LogP contribution in [0.3, 0.4) is 0 Å². The van der Waals surface area contributed by atoms with Crippen LogP contribution in [-0.2, 0) is 0 Å². The van der Waals surface area contributed by atoms with Crippen LogP contribution in [0.5, 0.6) is 5.75 Å². The smallest absolute Gasteiger partial charge is 0.167 e. The molecule has 1 nitrogen and oxygen atoms in total. The third-order valence-corrected chi connectivity index (χ3v) is 2.52. The van der Waals surface area contributed by atoms with Gasteiger partial charge in [0.1, 0.15) is 5.82 Å². The molecule has 0 N–H and O–H groups in total. The average Bonchev–Trinajstić information content (AvgIpc) is 2.26. The van der Waals surface area contributed by atoms with E-state index in [-0.39, 0.29) is 5.75 Å². The van der Waals surface area contributed by atoms with Crippen molar-refractivity contribution in [3.05, 3.63) is 29.8 Å². The summed E-state index contributed by atoms with van der Waals surface area (Å²) in [5.41, 5.74) is 0. The normalized spacial score (nSPS) is 10.4. The van der Waals surface area contributed by atoms with Crippen molar-refractivity contribution in [1.29, 1.82) is 0 Å². The van der Waals surface area contributed by atoms with Gasteiger partial charge in [-0.1, -0.05) is 12.8 Å². The maximum Gasteiger partial charge on any atom is 0.167 e. The van der Waals surface area contributed by atoms with Crippen LogP contribution in [0.15, 0.2) is 18.2 Å². The van der Waals surface area contributed by atoms with Gasteiger partial charge in [-0.15, -0.1) is 0 Å². The molecular weight excluding hydrogens is 230 g/mol. The Labute approximate surface area is 100 Å². The first-order valence-corrected chi connectivity index (χ1v) is 6.06. The molecule has 90 valence electrons. The maximum absolute atomic E-state index is 13.1. The van der Waals surface area contributed by atoms with E-state index < -0.39 is 11.6 Å². The zero-order chi connectivity index (χ0) is 11.8. The molecule has 0 radical (unpaired) electrons. The second kappa shape index (κ2) is 7.49. The third kappa shape index (κ3) is 4.84. The van der Waals surface area contributed by atoms with E-state index in [4.69, 9.17) is 4.74 Å². The molecule has 0 amide bonds. The molecule has 0 saturated carbocycles. The van der Waals surface area contributed by atoms with E-state index in [9.17, 15) is 8.78 Å². The molecule has 0 aliphatic carbocycles. The molecule has 1 aromatic rings. The highest BCUT2D eigenvalue weighted by Gasteiger charge is 2.03. The standard InChI is InChI=1S/C12H16F2OS/c13-10-5-6-12(11(14)9-10)15-7-3-1-2-4-8-16/h5-6,9,16H,1-4,7-8H2. The summed E-state index contributed by atoms with van der Waals surface area (Å²) in [4.78, 5) is 0. The van der Waals surface area contributed by atoms with Gasteiger partial charge >= 0.3 is 0 Å². The van der Waals surface area contributed by atoms with Crippen molar-refractivity contribution in [3.8, 4) is 5.75 Å². The maximum atomic E-state index is 13.1. The van der Waals surface area contributed by atoms with Crippen molar-refractivity contribution < 1.29 is 13.5 Å². The molecule has 0 unspecified atom stereocenters. The van der Waals surface area contributed by atoms with Crippen LogP contribution in [0.4, 0.5) is 8.78 Å². The molecule has 0 heterocycles. The third-order valence-electron chi connectivity index (χ3n) is 2.20. The van der Waals surface area contributed by atoms with Gasteiger partial charge in [0.25, 0.3) is 0 Å². The zero-order valence-electron chi connectivity index (χ0n) is 9.09. The average molecular weight is 246 g/mol. The lowest BCUT2D eigenvalue weighted by Gasteiger charge is -2.06. The van der Waals surface area contributed by atoms with Gasteiger partial charge in [-0.2, -0.15) is 12.6 Å².